The highest BCUT2D eigenvalue weighted by Gasteiger charge is 2.26. The topological polar surface area (TPSA) is 125 Å². The van der Waals surface area contributed by atoms with E-state index in [0.29, 0.717) is 28.3 Å². The van der Waals surface area contributed by atoms with Crippen LogP contribution in [-0.2, 0) is 4.79 Å². The van der Waals surface area contributed by atoms with Gasteiger partial charge in [0, 0.05) is 6.07 Å². The van der Waals surface area contributed by atoms with Gasteiger partial charge in [-0.3, -0.25) is 4.79 Å². The molecule has 4 rings (SSSR count). The maximum Gasteiger partial charge on any atom is 0.243 e. The first-order chi connectivity index (χ1) is 13.6. The van der Waals surface area contributed by atoms with Crippen molar-refractivity contribution in [2.24, 2.45) is 0 Å². The summed E-state index contributed by atoms with van der Waals surface area (Å²) in [6, 6.07) is 14.4. The third-order valence-corrected chi connectivity index (χ3v) is 5.06. The van der Waals surface area contributed by atoms with Crippen LogP contribution in [0, 0.1) is 6.92 Å². The number of carbonyl (C=O) groups excluding carboxylic acids is 1. The number of hydrogen-bond donors (Lipinski definition) is 2. The number of furan rings is 1. The van der Waals surface area contributed by atoms with Crippen molar-refractivity contribution >= 4 is 23.5 Å². The molecule has 3 heterocycles. The summed E-state index contributed by atoms with van der Waals surface area (Å²) in [6.07, 6.45) is 1.52. The third kappa shape index (κ3) is 3.62. The Morgan fingerprint density at radius 1 is 1.21 bits per heavy atom. The van der Waals surface area contributed by atoms with Crippen LogP contribution in [0.15, 0.2) is 68.9 Å². The molecule has 0 aliphatic rings. The minimum Gasteiger partial charge on any atom is -0.461 e. The van der Waals surface area contributed by atoms with Gasteiger partial charge in [-0.2, -0.15) is 0 Å². The number of thioether (sulfide) groups is 1. The van der Waals surface area contributed by atoms with Gasteiger partial charge in [0.1, 0.15) is 11.0 Å². The molecular formula is C18H16N6O3S. The first-order valence-corrected chi connectivity index (χ1v) is 9.20. The third-order valence-electron chi connectivity index (χ3n) is 3.85. The number of carbonyl (C=O) groups is 1. The zero-order valence-electron chi connectivity index (χ0n) is 14.8. The molecule has 142 valence electrons. The van der Waals surface area contributed by atoms with E-state index in [4.69, 9.17) is 14.8 Å². The van der Waals surface area contributed by atoms with Crippen LogP contribution in [0.1, 0.15) is 16.6 Å². The van der Waals surface area contributed by atoms with Gasteiger partial charge in [-0.15, -0.1) is 10.2 Å². The minimum atomic E-state index is -0.630. The number of aromatic nitrogens is 4. The van der Waals surface area contributed by atoms with Crippen LogP contribution in [0.5, 0.6) is 0 Å². The molecule has 0 fully saturated rings. The van der Waals surface area contributed by atoms with Crippen molar-refractivity contribution in [1.29, 1.82) is 0 Å². The lowest BCUT2D eigenvalue weighted by atomic mass is 10.1. The van der Waals surface area contributed by atoms with Gasteiger partial charge in [0.25, 0.3) is 0 Å². The van der Waals surface area contributed by atoms with E-state index in [-0.39, 0.29) is 5.91 Å². The molecule has 9 nitrogen and oxygen atoms in total. The summed E-state index contributed by atoms with van der Waals surface area (Å²) >= 11 is 1.17. The predicted octanol–water partition coefficient (Wildman–Crippen LogP) is 3.02. The molecule has 28 heavy (non-hydrogen) atoms. The van der Waals surface area contributed by atoms with Crippen LogP contribution >= 0.6 is 11.8 Å². The maximum absolute atomic E-state index is 12.9. The molecule has 1 aromatic carbocycles. The summed E-state index contributed by atoms with van der Waals surface area (Å²) in [5, 5.41) is 14.5. The van der Waals surface area contributed by atoms with E-state index in [9.17, 15) is 4.79 Å². The fraction of sp³-hybridized carbons (Fsp3) is 0.111. The monoisotopic (exact) mass is 396 g/mol. The maximum atomic E-state index is 12.9. The van der Waals surface area contributed by atoms with Crippen LogP contribution in [0.25, 0.3) is 11.6 Å². The summed E-state index contributed by atoms with van der Waals surface area (Å²) < 4.78 is 11.6. The molecule has 0 saturated carbocycles. The van der Waals surface area contributed by atoms with E-state index in [0.717, 1.165) is 5.56 Å². The van der Waals surface area contributed by atoms with Gasteiger partial charge in [0.2, 0.25) is 16.9 Å². The van der Waals surface area contributed by atoms with E-state index >= 15 is 0 Å². The zero-order chi connectivity index (χ0) is 19.5. The number of rotatable bonds is 6. The van der Waals surface area contributed by atoms with Gasteiger partial charge in [0.05, 0.1) is 6.26 Å². The Hall–Kier alpha value is -3.53. The Labute approximate surface area is 163 Å². The quantitative estimate of drug-likeness (QED) is 0.376. The normalized spacial score (nSPS) is 12.0. The van der Waals surface area contributed by atoms with Crippen LogP contribution in [0.3, 0.4) is 0 Å². The van der Waals surface area contributed by atoms with Crippen LogP contribution in [-0.4, -0.2) is 25.9 Å². The number of amides is 1. The van der Waals surface area contributed by atoms with E-state index in [1.165, 1.54) is 22.7 Å². The highest BCUT2D eigenvalue weighted by Crippen LogP contribution is 2.36. The number of benzene rings is 1. The first-order valence-electron chi connectivity index (χ1n) is 8.32. The van der Waals surface area contributed by atoms with Gasteiger partial charge >= 0.3 is 0 Å². The second kappa shape index (κ2) is 7.61. The number of hydrogen-bond acceptors (Lipinski definition) is 8. The Bertz CT molecular complexity index is 1070. The molecule has 0 aliphatic heterocycles. The molecule has 4 aromatic rings. The van der Waals surface area contributed by atoms with E-state index in [1.807, 2.05) is 30.3 Å². The molecular weight excluding hydrogens is 380 g/mol. The van der Waals surface area contributed by atoms with Crippen LogP contribution in [0.2, 0.25) is 0 Å². The molecule has 0 aliphatic carbocycles. The minimum absolute atomic E-state index is 0.285. The second-order valence-electron chi connectivity index (χ2n) is 5.87. The summed E-state index contributed by atoms with van der Waals surface area (Å²) in [7, 11) is 0. The van der Waals surface area contributed by atoms with Gasteiger partial charge < -0.3 is 20.1 Å². The SMILES string of the molecule is Cc1cc(NC(=O)C(Sc2nnc(-c3ccco3)n2N)c2ccccc2)no1. The highest BCUT2D eigenvalue weighted by molar-refractivity contribution is 8.00. The van der Waals surface area contributed by atoms with Crippen molar-refractivity contribution in [3.8, 4) is 11.6 Å². The van der Waals surface area contributed by atoms with Crippen molar-refractivity contribution in [3.63, 3.8) is 0 Å². The lowest BCUT2D eigenvalue weighted by molar-refractivity contribution is -0.115. The second-order valence-corrected chi connectivity index (χ2v) is 6.95. The van der Waals surface area contributed by atoms with Crippen molar-refractivity contribution in [2.75, 3.05) is 11.2 Å². The van der Waals surface area contributed by atoms with Gasteiger partial charge in [-0.1, -0.05) is 47.3 Å². The lowest BCUT2D eigenvalue weighted by Crippen LogP contribution is -2.20. The number of nitrogens with two attached hydrogens (primary N) is 1. The van der Waals surface area contributed by atoms with Gasteiger partial charge in [-0.05, 0) is 24.6 Å². The number of nitrogen functional groups attached to an aromatic ring is 1. The number of nitrogens with one attached hydrogen (secondary N) is 1. The summed E-state index contributed by atoms with van der Waals surface area (Å²) in [5.41, 5.74) is 0.785. The summed E-state index contributed by atoms with van der Waals surface area (Å²) in [5.74, 6) is 7.64. The molecule has 0 saturated heterocycles. The number of anilines is 1. The largest absolute Gasteiger partial charge is 0.461 e. The molecule has 0 spiro atoms. The summed E-state index contributed by atoms with van der Waals surface area (Å²) in [6.45, 7) is 1.75. The Morgan fingerprint density at radius 3 is 2.71 bits per heavy atom. The van der Waals surface area contributed by atoms with Crippen LogP contribution in [0.4, 0.5) is 5.82 Å². The van der Waals surface area contributed by atoms with Crippen molar-refractivity contribution < 1.29 is 13.7 Å². The van der Waals surface area contributed by atoms with Gasteiger partial charge in [0.15, 0.2) is 11.6 Å². The molecule has 10 heteroatoms. The van der Waals surface area contributed by atoms with Crippen molar-refractivity contribution in [1.82, 2.24) is 20.0 Å². The fourth-order valence-electron chi connectivity index (χ4n) is 2.55. The molecule has 1 amide bonds. The number of aryl methyl sites for hydroxylation is 1. The van der Waals surface area contributed by atoms with E-state index in [1.54, 1.807) is 25.1 Å². The van der Waals surface area contributed by atoms with Crippen molar-refractivity contribution in [2.45, 2.75) is 17.3 Å². The average molecular weight is 396 g/mol. The van der Waals surface area contributed by atoms with E-state index in [2.05, 4.69) is 20.7 Å². The Morgan fingerprint density at radius 2 is 2.04 bits per heavy atom. The average Bonchev–Trinajstić information content (AvgIpc) is 3.43. The Balaban J connectivity index is 1.62. The zero-order valence-corrected chi connectivity index (χ0v) is 15.6. The summed E-state index contributed by atoms with van der Waals surface area (Å²) in [4.78, 5) is 12.9. The highest BCUT2D eigenvalue weighted by atomic mass is 32.2. The molecule has 0 bridgehead atoms. The fourth-order valence-corrected chi connectivity index (χ4v) is 3.51. The smallest absolute Gasteiger partial charge is 0.243 e. The molecule has 0 radical (unpaired) electrons. The number of nitrogens with zero attached hydrogens (tertiary/aromatic N) is 4. The molecule has 3 aromatic heterocycles. The standard InChI is InChI=1S/C18H16N6O3S/c1-11-10-14(23-27-11)20-17(25)15(12-6-3-2-4-7-12)28-18-22-21-16(24(18)19)13-8-5-9-26-13/h2-10,15H,19H2,1H3,(H,20,23,25). The Kier molecular flexibility index (Phi) is 4.85. The van der Waals surface area contributed by atoms with Gasteiger partial charge in [-0.25, -0.2) is 4.68 Å². The predicted molar refractivity (Wildman–Crippen MR) is 103 cm³/mol. The molecule has 1 unspecified atom stereocenters. The first kappa shape index (κ1) is 17.9. The molecule has 1 atom stereocenters. The molecule has 3 N–H and O–H groups in total. The lowest BCUT2D eigenvalue weighted by Gasteiger charge is -2.15. The van der Waals surface area contributed by atoms with Crippen molar-refractivity contribution in [3.05, 3.63) is 66.1 Å². The van der Waals surface area contributed by atoms with E-state index < -0.39 is 5.25 Å². The van der Waals surface area contributed by atoms with Crippen LogP contribution < -0.4 is 11.2 Å².